The number of ether oxygens (including phenoxy) is 1. The van der Waals surface area contributed by atoms with Gasteiger partial charge in [-0.05, 0) is 47.8 Å². The Labute approximate surface area is 190 Å². The first-order chi connectivity index (χ1) is 15.8. The number of hydrazone groups is 1. The van der Waals surface area contributed by atoms with Gasteiger partial charge in [-0.15, -0.1) is 11.3 Å². The Morgan fingerprint density at radius 3 is 2.45 bits per heavy atom. The predicted octanol–water partition coefficient (Wildman–Crippen LogP) is 5.28. The molecule has 10 heteroatoms. The second kappa shape index (κ2) is 9.45. The lowest BCUT2D eigenvalue weighted by atomic mass is 10.1. The van der Waals surface area contributed by atoms with E-state index in [4.69, 9.17) is 4.74 Å². The van der Waals surface area contributed by atoms with Crippen molar-refractivity contribution in [3.63, 3.8) is 0 Å². The summed E-state index contributed by atoms with van der Waals surface area (Å²) in [7, 11) is 0. The van der Waals surface area contributed by atoms with Crippen LogP contribution < -0.4 is 10.7 Å². The van der Waals surface area contributed by atoms with E-state index in [0.29, 0.717) is 28.3 Å². The molecule has 33 heavy (non-hydrogen) atoms. The van der Waals surface area contributed by atoms with Crippen molar-refractivity contribution in [2.75, 3.05) is 18.6 Å². The largest absolute Gasteiger partial charge is 0.489 e. The van der Waals surface area contributed by atoms with Crippen LogP contribution in [0.5, 0.6) is 0 Å². The molecule has 0 aliphatic carbocycles. The fraction of sp³-hybridized carbons (Fsp3) is 0.130. The molecule has 3 aromatic rings. The van der Waals surface area contributed by atoms with E-state index in [9.17, 15) is 22.4 Å². The van der Waals surface area contributed by atoms with Crippen LogP contribution in [0.4, 0.5) is 23.2 Å². The van der Waals surface area contributed by atoms with Crippen LogP contribution >= 0.6 is 11.3 Å². The van der Waals surface area contributed by atoms with Crippen LogP contribution in [0.3, 0.4) is 0 Å². The van der Waals surface area contributed by atoms with Crippen LogP contribution in [0.2, 0.25) is 0 Å². The number of carbonyl (C=O) groups excluding carboxylic acids is 1. The van der Waals surface area contributed by atoms with Crippen molar-refractivity contribution in [2.45, 2.75) is 6.18 Å². The minimum atomic E-state index is -4.43. The highest BCUT2D eigenvalue weighted by atomic mass is 32.1. The summed E-state index contributed by atoms with van der Waals surface area (Å²) >= 11 is 1.41. The number of benzene rings is 2. The molecule has 0 radical (unpaired) electrons. The zero-order valence-corrected chi connectivity index (χ0v) is 17.8. The van der Waals surface area contributed by atoms with Gasteiger partial charge in [-0.2, -0.15) is 18.3 Å². The van der Waals surface area contributed by atoms with Crippen molar-refractivity contribution in [3.8, 4) is 0 Å². The molecular weight excluding hydrogens is 458 g/mol. The van der Waals surface area contributed by atoms with Gasteiger partial charge >= 0.3 is 6.18 Å². The molecule has 0 bridgehead atoms. The van der Waals surface area contributed by atoms with E-state index in [1.54, 1.807) is 0 Å². The molecule has 0 saturated carbocycles. The van der Waals surface area contributed by atoms with Crippen molar-refractivity contribution < 1.29 is 27.1 Å². The maximum Gasteiger partial charge on any atom is 0.416 e. The molecule has 2 N–H and O–H groups in total. The molecule has 0 fully saturated rings. The fourth-order valence-electron chi connectivity index (χ4n) is 3.10. The minimum Gasteiger partial charge on any atom is -0.489 e. The van der Waals surface area contributed by atoms with E-state index in [0.717, 1.165) is 17.0 Å². The zero-order valence-electron chi connectivity index (χ0n) is 16.9. The summed E-state index contributed by atoms with van der Waals surface area (Å²) < 4.78 is 57.6. The highest BCUT2D eigenvalue weighted by Crippen LogP contribution is 2.30. The van der Waals surface area contributed by atoms with Gasteiger partial charge in [0.1, 0.15) is 23.9 Å². The van der Waals surface area contributed by atoms with Crippen LogP contribution in [-0.4, -0.2) is 24.8 Å². The minimum absolute atomic E-state index is 0.0571. The third-order valence-corrected chi connectivity index (χ3v) is 5.66. The number of amides is 1. The highest BCUT2D eigenvalue weighted by molar-refractivity contribution is 7.11. The Bertz CT molecular complexity index is 1190. The van der Waals surface area contributed by atoms with Crippen molar-refractivity contribution in [2.24, 2.45) is 5.10 Å². The molecule has 0 saturated heterocycles. The number of thiophene rings is 1. The van der Waals surface area contributed by atoms with Gasteiger partial charge in [-0.1, -0.05) is 18.2 Å². The second-order valence-electron chi connectivity index (χ2n) is 7.00. The zero-order chi connectivity index (χ0) is 23.4. The Morgan fingerprint density at radius 1 is 1.09 bits per heavy atom. The summed E-state index contributed by atoms with van der Waals surface area (Å²) in [5.74, 6) is -0.217. The molecule has 0 spiro atoms. The first-order valence-corrected chi connectivity index (χ1v) is 10.6. The third-order valence-electron chi connectivity index (χ3n) is 4.78. The third kappa shape index (κ3) is 5.40. The van der Waals surface area contributed by atoms with E-state index in [1.807, 2.05) is 17.5 Å². The van der Waals surface area contributed by atoms with Crippen LogP contribution in [0, 0.1) is 5.82 Å². The van der Waals surface area contributed by atoms with E-state index in [2.05, 4.69) is 15.8 Å². The lowest BCUT2D eigenvalue weighted by molar-refractivity contribution is -0.137. The molecule has 1 aliphatic heterocycles. The SMILES string of the molecule is O=C1NCC(OCC(=NNc2ccc(C(F)(F)F)cc2)c2ccc(F)cc2)=C1c1cccs1. The standard InChI is InChI=1S/C23H17F4N3O2S/c24-16-7-3-14(4-8-16)18(30-29-17-9-5-15(6-10-17)23(25,26)27)13-32-19-12-28-22(31)21(19)20-2-1-11-33-20/h1-11,29H,12-13H2,(H,28,31). The van der Waals surface area contributed by atoms with Gasteiger partial charge in [-0.3, -0.25) is 10.2 Å². The Morgan fingerprint density at radius 2 is 1.82 bits per heavy atom. The lowest BCUT2D eigenvalue weighted by Gasteiger charge is -2.12. The predicted molar refractivity (Wildman–Crippen MR) is 118 cm³/mol. The molecule has 5 nitrogen and oxygen atoms in total. The molecule has 1 amide bonds. The first kappa shape index (κ1) is 22.5. The van der Waals surface area contributed by atoms with E-state index >= 15 is 0 Å². The maximum absolute atomic E-state index is 13.4. The molecule has 0 atom stereocenters. The highest BCUT2D eigenvalue weighted by Gasteiger charge is 2.30. The smallest absolute Gasteiger partial charge is 0.416 e. The van der Waals surface area contributed by atoms with Crippen LogP contribution in [0.15, 0.2) is 76.9 Å². The number of carbonyl (C=O) groups is 1. The number of nitrogens with zero attached hydrogens (tertiary/aromatic N) is 1. The van der Waals surface area contributed by atoms with Crippen molar-refractivity contribution in [3.05, 3.63) is 93.6 Å². The molecule has 1 aromatic heterocycles. The van der Waals surface area contributed by atoms with Gasteiger partial charge in [0.05, 0.1) is 23.4 Å². The van der Waals surface area contributed by atoms with E-state index in [-0.39, 0.29) is 19.1 Å². The van der Waals surface area contributed by atoms with Gasteiger partial charge in [0.25, 0.3) is 5.91 Å². The molecule has 2 heterocycles. The van der Waals surface area contributed by atoms with Gasteiger partial charge in [0.15, 0.2) is 0 Å². The van der Waals surface area contributed by atoms with Crippen molar-refractivity contribution in [1.29, 1.82) is 0 Å². The van der Waals surface area contributed by atoms with E-state index in [1.165, 1.54) is 47.7 Å². The number of anilines is 1. The number of nitrogens with one attached hydrogen (secondary N) is 2. The fourth-order valence-corrected chi connectivity index (χ4v) is 3.89. The number of hydrogen-bond donors (Lipinski definition) is 2. The van der Waals surface area contributed by atoms with Gasteiger partial charge < -0.3 is 10.1 Å². The van der Waals surface area contributed by atoms with Crippen LogP contribution in [0.1, 0.15) is 16.0 Å². The normalized spacial score (nSPS) is 14.4. The molecule has 0 unspecified atom stereocenters. The molecule has 2 aromatic carbocycles. The van der Waals surface area contributed by atoms with E-state index < -0.39 is 17.6 Å². The average molecular weight is 475 g/mol. The summed E-state index contributed by atoms with van der Waals surface area (Å²) in [6, 6.07) is 13.6. The number of rotatable bonds is 7. The lowest BCUT2D eigenvalue weighted by Crippen LogP contribution is -2.18. The summed E-state index contributed by atoms with van der Waals surface area (Å²) in [5, 5.41) is 8.84. The van der Waals surface area contributed by atoms with Crippen LogP contribution in [0.25, 0.3) is 5.57 Å². The molecule has 4 rings (SSSR count). The van der Waals surface area contributed by atoms with Gasteiger partial charge in [-0.25, -0.2) is 4.39 Å². The number of alkyl halides is 3. The average Bonchev–Trinajstić information content (AvgIpc) is 3.44. The number of hydrogen-bond acceptors (Lipinski definition) is 5. The van der Waals surface area contributed by atoms with Gasteiger partial charge in [0, 0.05) is 10.4 Å². The summed E-state index contributed by atoms with van der Waals surface area (Å²) in [5.41, 5.74) is 3.63. The number of halogens is 4. The maximum atomic E-state index is 13.4. The summed E-state index contributed by atoms with van der Waals surface area (Å²) in [6.45, 7) is 0.160. The van der Waals surface area contributed by atoms with Crippen molar-refractivity contribution in [1.82, 2.24) is 5.32 Å². The summed E-state index contributed by atoms with van der Waals surface area (Å²) in [4.78, 5) is 13.0. The Hall–Kier alpha value is -3.66. The Kier molecular flexibility index (Phi) is 6.45. The van der Waals surface area contributed by atoms with Gasteiger partial charge in [0.2, 0.25) is 0 Å². The second-order valence-corrected chi connectivity index (χ2v) is 7.95. The van der Waals surface area contributed by atoms with Crippen molar-refractivity contribution >= 4 is 34.2 Å². The monoisotopic (exact) mass is 475 g/mol. The topological polar surface area (TPSA) is 62.7 Å². The Balaban J connectivity index is 1.56. The molecule has 170 valence electrons. The quantitative estimate of drug-likeness (QED) is 0.278. The van der Waals surface area contributed by atoms with Crippen LogP contribution in [-0.2, 0) is 15.7 Å². The molecular formula is C23H17F4N3O2S. The summed E-state index contributed by atoms with van der Waals surface area (Å²) in [6.07, 6.45) is -4.43. The first-order valence-electron chi connectivity index (χ1n) is 9.75. The molecule has 1 aliphatic rings.